The SMILES string of the molecule is CCc1nc(C)c(C(=O)N2CCCN(CC(=O)N3CCc4ccccc43)CC2)o1. The summed E-state index contributed by atoms with van der Waals surface area (Å²) in [6, 6.07) is 8.11. The molecule has 2 amide bonds. The third-order valence-corrected chi connectivity index (χ3v) is 5.76. The molecule has 0 N–H and O–H groups in total. The predicted molar refractivity (Wildman–Crippen MR) is 110 cm³/mol. The van der Waals surface area contributed by atoms with Crippen molar-refractivity contribution in [1.29, 1.82) is 0 Å². The molecule has 7 nitrogen and oxygen atoms in total. The Labute approximate surface area is 171 Å². The lowest BCUT2D eigenvalue weighted by Gasteiger charge is -2.24. The Morgan fingerprint density at radius 1 is 1.10 bits per heavy atom. The van der Waals surface area contributed by atoms with Gasteiger partial charge in [0.15, 0.2) is 5.89 Å². The lowest BCUT2D eigenvalue weighted by atomic mass is 10.2. The molecular formula is C22H28N4O3. The Bertz CT molecular complexity index is 907. The molecule has 0 bridgehead atoms. The smallest absolute Gasteiger partial charge is 0.291 e. The Morgan fingerprint density at radius 3 is 2.72 bits per heavy atom. The van der Waals surface area contributed by atoms with Crippen LogP contribution in [0.4, 0.5) is 5.69 Å². The standard InChI is InChI=1S/C22H28N4O3/c1-3-19-23-16(2)21(29-19)22(28)25-11-6-10-24(13-14-25)15-20(27)26-12-9-17-7-4-5-8-18(17)26/h4-5,7-8H,3,6,9-15H2,1-2H3. The number of aryl methyl sites for hydroxylation is 2. The van der Waals surface area contributed by atoms with E-state index in [2.05, 4.69) is 16.0 Å². The summed E-state index contributed by atoms with van der Waals surface area (Å²) in [5.41, 5.74) is 2.93. The number of fused-ring (bicyclic) bond motifs is 1. The van der Waals surface area contributed by atoms with Crippen LogP contribution < -0.4 is 4.90 Å². The molecule has 1 fully saturated rings. The predicted octanol–water partition coefficient (Wildman–Crippen LogP) is 2.28. The molecule has 0 saturated carbocycles. The van der Waals surface area contributed by atoms with Crippen LogP contribution in [-0.4, -0.2) is 65.9 Å². The number of amides is 2. The van der Waals surface area contributed by atoms with Crippen molar-refractivity contribution in [3.05, 3.63) is 47.2 Å². The molecule has 29 heavy (non-hydrogen) atoms. The van der Waals surface area contributed by atoms with E-state index in [1.54, 1.807) is 0 Å². The third-order valence-electron chi connectivity index (χ3n) is 5.76. The van der Waals surface area contributed by atoms with Gasteiger partial charge in [0.25, 0.3) is 5.91 Å². The van der Waals surface area contributed by atoms with Crippen LogP contribution in [0.15, 0.2) is 28.7 Å². The van der Waals surface area contributed by atoms with E-state index < -0.39 is 0 Å². The van der Waals surface area contributed by atoms with Crippen LogP contribution in [0.1, 0.15) is 41.0 Å². The topological polar surface area (TPSA) is 69.9 Å². The van der Waals surface area contributed by atoms with Gasteiger partial charge in [0.1, 0.15) is 0 Å². The molecule has 0 spiro atoms. The normalized spacial score (nSPS) is 17.3. The van der Waals surface area contributed by atoms with Gasteiger partial charge in [0, 0.05) is 44.8 Å². The van der Waals surface area contributed by atoms with Gasteiger partial charge in [-0.1, -0.05) is 25.1 Å². The van der Waals surface area contributed by atoms with Gasteiger partial charge in [-0.3, -0.25) is 14.5 Å². The second-order valence-corrected chi connectivity index (χ2v) is 7.72. The van der Waals surface area contributed by atoms with Crippen molar-refractivity contribution in [3.8, 4) is 0 Å². The summed E-state index contributed by atoms with van der Waals surface area (Å²) >= 11 is 0. The largest absolute Gasteiger partial charge is 0.435 e. The monoisotopic (exact) mass is 396 g/mol. The van der Waals surface area contributed by atoms with Gasteiger partial charge < -0.3 is 14.2 Å². The fraction of sp³-hybridized carbons (Fsp3) is 0.500. The van der Waals surface area contributed by atoms with Crippen LogP contribution >= 0.6 is 0 Å². The Morgan fingerprint density at radius 2 is 1.93 bits per heavy atom. The van der Waals surface area contributed by atoms with Gasteiger partial charge in [0.05, 0.1) is 12.2 Å². The molecule has 1 saturated heterocycles. The van der Waals surface area contributed by atoms with Gasteiger partial charge in [0.2, 0.25) is 11.7 Å². The quantitative estimate of drug-likeness (QED) is 0.793. The molecule has 7 heteroatoms. The van der Waals surface area contributed by atoms with Crippen LogP contribution in [0.3, 0.4) is 0 Å². The zero-order chi connectivity index (χ0) is 20.4. The van der Waals surface area contributed by atoms with E-state index in [0.29, 0.717) is 49.9 Å². The first-order valence-corrected chi connectivity index (χ1v) is 10.4. The van der Waals surface area contributed by atoms with Crippen LogP contribution in [0.25, 0.3) is 0 Å². The van der Waals surface area contributed by atoms with Gasteiger partial charge in [-0.2, -0.15) is 0 Å². The Hall–Kier alpha value is -2.67. The van der Waals surface area contributed by atoms with Crippen molar-refractivity contribution >= 4 is 17.5 Å². The number of carbonyl (C=O) groups is 2. The summed E-state index contributed by atoms with van der Waals surface area (Å²) in [6.45, 7) is 7.65. The van der Waals surface area contributed by atoms with E-state index in [4.69, 9.17) is 4.42 Å². The fourth-order valence-corrected chi connectivity index (χ4v) is 4.15. The molecule has 1 aromatic carbocycles. The molecule has 3 heterocycles. The highest BCUT2D eigenvalue weighted by molar-refractivity contribution is 5.96. The molecule has 0 radical (unpaired) electrons. The second-order valence-electron chi connectivity index (χ2n) is 7.72. The van der Waals surface area contributed by atoms with Crippen LogP contribution in [0.5, 0.6) is 0 Å². The number of rotatable bonds is 4. The van der Waals surface area contributed by atoms with Crippen molar-refractivity contribution in [3.63, 3.8) is 0 Å². The summed E-state index contributed by atoms with van der Waals surface area (Å²) in [5, 5.41) is 0. The van der Waals surface area contributed by atoms with E-state index in [0.717, 1.165) is 31.6 Å². The molecule has 0 aliphatic carbocycles. The van der Waals surface area contributed by atoms with Crippen molar-refractivity contribution in [1.82, 2.24) is 14.8 Å². The summed E-state index contributed by atoms with van der Waals surface area (Å²) in [7, 11) is 0. The number of aromatic nitrogens is 1. The van der Waals surface area contributed by atoms with E-state index in [1.165, 1.54) is 5.56 Å². The van der Waals surface area contributed by atoms with E-state index in [1.807, 2.05) is 41.8 Å². The summed E-state index contributed by atoms with van der Waals surface area (Å²) in [4.78, 5) is 35.9. The van der Waals surface area contributed by atoms with Crippen molar-refractivity contribution in [2.24, 2.45) is 0 Å². The van der Waals surface area contributed by atoms with E-state index >= 15 is 0 Å². The summed E-state index contributed by atoms with van der Waals surface area (Å²) < 4.78 is 5.63. The molecule has 2 aliphatic rings. The first kappa shape index (κ1) is 19.6. The lowest BCUT2D eigenvalue weighted by Crippen LogP contribution is -2.41. The average Bonchev–Trinajstić information content (AvgIpc) is 3.25. The van der Waals surface area contributed by atoms with Gasteiger partial charge in [-0.05, 0) is 31.4 Å². The maximum Gasteiger partial charge on any atom is 0.291 e. The molecule has 154 valence electrons. The second kappa shape index (κ2) is 8.37. The maximum atomic E-state index is 12.9. The summed E-state index contributed by atoms with van der Waals surface area (Å²) in [5.74, 6) is 0.976. The number of para-hydroxylation sites is 1. The number of anilines is 1. The number of carbonyl (C=O) groups excluding carboxylic acids is 2. The van der Waals surface area contributed by atoms with Crippen molar-refractivity contribution in [2.45, 2.75) is 33.1 Å². The number of hydrogen-bond acceptors (Lipinski definition) is 5. The number of nitrogens with zero attached hydrogens (tertiary/aromatic N) is 4. The summed E-state index contributed by atoms with van der Waals surface area (Å²) in [6.07, 6.45) is 2.42. The third kappa shape index (κ3) is 4.05. The van der Waals surface area contributed by atoms with Crippen LogP contribution in [0, 0.1) is 6.92 Å². The first-order valence-electron chi connectivity index (χ1n) is 10.4. The highest BCUT2D eigenvalue weighted by Crippen LogP contribution is 2.27. The van der Waals surface area contributed by atoms with Crippen LogP contribution in [0.2, 0.25) is 0 Å². The average molecular weight is 396 g/mol. The Balaban J connectivity index is 1.36. The van der Waals surface area contributed by atoms with Gasteiger partial charge in [-0.25, -0.2) is 4.98 Å². The Kier molecular flexibility index (Phi) is 5.67. The number of oxazole rings is 1. The van der Waals surface area contributed by atoms with E-state index in [9.17, 15) is 9.59 Å². The molecule has 0 unspecified atom stereocenters. The molecule has 1 aromatic heterocycles. The zero-order valence-electron chi connectivity index (χ0n) is 17.2. The molecule has 2 aromatic rings. The van der Waals surface area contributed by atoms with Gasteiger partial charge in [-0.15, -0.1) is 0 Å². The van der Waals surface area contributed by atoms with Crippen molar-refractivity contribution in [2.75, 3.05) is 44.2 Å². The minimum Gasteiger partial charge on any atom is -0.435 e. The van der Waals surface area contributed by atoms with Crippen LogP contribution in [-0.2, 0) is 17.6 Å². The minimum absolute atomic E-state index is 0.101. The molecule has 4 rings (SSSR count). The van der Waals surface area contributed by atoms with Crippen molar-refractivity contribution < 1.29 is 14.0 Å². The highest BCUT2D eigenvalue weighted by Gasteiger charge is 2.28. The van der Waals surface area contributed by atoms with Gasteiger partial charge >= 0.3 is 0 Å². The molecule has 0 atom stereocenters. The highest BCUT2D eigenvalue weighted by atomic mass is 16.4. The number of hydrogen-bond donors (Lipinski definition) is 0. The molecule has 2 aliphatic heterocycles. The number of benzene rings is 1. The minimum atomic E-state index is -0.101. The maximum absolute atomic E-state index is 12.9. The lowest BCUT2D eigenvalue weighted by molar-refractivity contribution is -0.119. The van der Waals surface area contributed by atoms with E-state index in [-0.39, 0.29) is 11.8 Å². The first-order chi connectivity index (χ1) is 14.1. The molecular weight excluding hydrogens is 368 g/mol. The zero-order valence-corrected chi connectivity index (χ0v) is 17.2. The fourth-order valence-electron chi connectivity index (χ4n) is 4.15.